The topological polar surface area (TPSA) is 43.8 Å². The van der Waals surface area contributed by atoms with Gasteiger partial charge in [0.25, 0.3) is 0 Å². The van der Waals surface area contributed by atoms with Gasteiger partial charge in [-0.3, -0.25) is 4.79 Å². The summed E-state index contributed by atoms with van der Waals surface area (Å²) in [4.78, 5) is 16.1. The average Bonchev–Trinajstić information content (AvgIpc) is 2.78. The highest BCUT2D eigenvalue weighted by atomic mass is 16.3. The minimum atomic E-state index is -0.301. The maximum Gasteiger partial charge on any atom is 0.223 e. The fraction of sp³-hybridized carbons (Fsp3) is 0.917. The van der Waals surface area contributed by atoms with Gasteiger partial charge in [0.05, 0.1) is 6.10 Å². The largest absolute Gasteiger partial charge is 0.391 e. The summed E-state index contributed by atoms with van der Waals surface area (Å²) < 4.78 is 0. The van der Waals surface area contributed by atoms with Crippen molar-refractivity contribution < 1.29 is 9.90 Å². The number of hydrogen-bond donors (Lipinski definition) is 1. The molecule has 0 radical (unpaired) electrons. The predicted octanol–water partition coefficient (Wildman–Crippen LogP) is 0.456. The Kier molecular flexibility index (Phi) is 4.18. The monoisotopic (exact) mass is 226 g/mol. The summed E-state index contributed by atoms with van der Waals surface area (Å²) in [6.45, 7) is 4.56. The van der Waals surface area contributed by atoms with Gasteiger partial charge in [-0.2, -0.15) is 0 Å². The van der Waals surface area contributed by atoms with Gasteiger partial charge in [-0.25, -0.2) is 0 Å². The summed E-state index contributed by atoms with van der Waals surface area (Å²) in [7, 11) is 0. The van der Waals surface area contributed by atoms with Crippen LogP contribution in [0.25, 0.3) is 0 Å². The van der Waals surface area contributed by atoms with Crippen LogP contribution in [0.2, 0.25) is 0 Å². The molecular weight excluding hydrogens is 204 g/mol. The van der Waals surface area contributed by atoms with E-state index in [1.165, 1.54) is 12.8 Å². The Morgan fingerprint density at radius 3 is 2.62 bits per heavy atom. The molecule has 16 heavy (non-hydrogen) atoms. The quantitative estimate of drug-likeness (QED) is 0.760. The van der Waals surface area contributed by atoms with E-state index in [9.17, 15) is 9.90 Å². The van der Waals surface area contributed by atoms with Gasteiger partial charge in [0.2, 0.25) is 5.91 Å². The number of β-amino-alcohol motifs (C(OH)–C–C–N with tert-alkyl or cyclic N) is 1. The molecule has 2 fully saturated rings. The van der Waals surface area contributed by atoms with Crippen LogP contribution >= 0.6 is 0 Å². The molecule has 1 unspecified atom stereocenters. The Morgan fingerprint density at radius 1 is 1.19 bits per heavy atom. The Labute approximate surface area is 97.2 Å². The second kappa shape index (κ2) is 5.64. The van der Waals surface area contributed by atoms with Crippen molar-refractivity contribution in [1.29, 1.82) is 0 Å². The lowest BCUT2D eigenvalue weighted by Gasteiger charge is -2.30. The number of rotatable bonds is 3. The Balaban J connectivity index is 1.70. The molecule has 4 heteroatoms. The zero-order valence-corrected chi connectivity index (χ0v) is 9.90. The zero-order valence-electron chi connectivity index (χ0n) is 9.90. The van der Waals surface area contributed by atoms with Crippen molar-refractivity contribution in [3.63, 3.8) is 0 Å². The number of nitrogens with zero attached hydrogens (tertiary/aromatic N) is 2. The molecule has 0 spiro atoms. The van der Waals surface area contributed by atoms with Gasteiger partial charge in [0.15, 0.2) is 0 Å². The van der Waals surface area contributed by atoms with Crippen LogP contribution in [0.4, 0.5) is 0 Å². The number of carbonyl (C=O) groups is 1. The lowest BCUT2D eigenvalue weighted by Crippen LogP contribution is -2.43. The van der Waals surface area contributed by atoms with Gasteiger partial charge >= 0.3 is 0 Å². The third-order valence-corrected chi connectivity index (χ3v) is 3.59. The summed E-state index contributed by atoms with van der Waals surface area (Å²) in [5, 5.41) is 9.50. The Hall–Kier alpha value is -0.610. The van der Waals surface area contributed by atoms with Gasteiger partial charge in [0.1, 0.15) is 0 Å². The molecule has 0 bridgehead atoms. The summed E-state index contributed by atoms with van der Waals surface area (Å²) >= 11 is 0. The van der Waals surface area contributed by atoms with E-state index in [-0.39, 0.29) is 12.0 Å². The van der Waals surface area contributed by atoms with Crippen LogP contribution in [0, 0.1) is 0 Å². The van der Waals surface area contributed by atoms with E-state index in [0.717, 1.165) is 39.0 Å². The number of amides is 1. The average molecular weight is 226 g/mol. The molecule has 0 aromatic rings. The molecule has 4 nitrogen and oxygen atoms in total. The highest BCUT2D eigenvalue weighted by Crippen LogP contribution is 2.12. The van der Waals surface area contributed by atoms with E-state index < -0.39 is 0 Å². The van der Waals surface area contributed by atoms with Gasteiger partial charge in [-0.05, 0) is 38.8 Å². The number of carbonyl (C=O) groups excluding carboxylic acids is 1. The fourth-order valence-electron chi connectivity index (χ4n) is 2.60. The highest BCUT2D eigenvalue weighted by molar-refractivity contribution is 5.76. The molecule has 1 atom stereocenters. The summed E-state index contributed by atoms with van der Waals surface area (Å²) in [5.74, 6) is 0.214. The third-order valence-electron chi connectivity index (χ3n) is 3.59. The summed E-state index contributed by atoms with van der Waals surface area (Å²) in [6.07, 6.45) is 4.65. The predicted molar refractivity (Wildman–Crippen MR) is 62.1 cm³/mol. The van der Waals surface area contributed by atoms with E-state index in [1.807, 2.05) is 4.90 Å². The van der Waals surface area contributed by atoms with E-state index >= 15 is 0 Å². The Morgan fingerprint density at radius 2 is 1.94 bits per heavy atom. The Bertz CT molecular complexity index is 239. The molecule has 0 aliphatic carbocycles. The van der Waals surface area contributed by atoms with Crippen LogP contribution < -0.4 is 0 Å². The van der Waals surface area contributed by atoms with Crippen LogP contribution in [0.15, 0.2) is 0 Å². The second-order valence-electron chi connectivity index (χ2n) is 4.93. The molecule has 2 aliphatic rings. The molecule has 2 heterocycles. The fourth-order valence-corrected chi connectivity index (χ4v) is 2.60. The van der Waals surface area contributed by atoms with Crippen molar-refractivity contribution in [3.05, 3.63) is 0 Å². The summed E-state index contributed by atoms with van der Waals surface area (Å²) in [6, 6.07) is 0. The van der Waals surface area contributed by atoms with Crippen molar-refractivity contribution in [1.82, 2.24) is 9.80 Å². The molecule has 2 saturated heterocycles. The lowest BCUT2D eigenvalue weighted by molar-refractivity contribution is -0.134. The first kappa shape index (κ1) is 11.9. The van der Waals surface area contributed by atoms with Gasteiger partial charge in [-0.15, -0.1) is 0 Å². The van der Waals surface area contributed by atoms with Crippen LogP contribution in [0.3, 0.4) is 0 Å². The number of hydrogen-bond acceptors (Lipinski definition) is 3. The van der Waals surface area contributed by atoms with Crippen LogP contribution in [-0.2, 0) is 4.79 Å². The second-order valence-corrected chi connectivity index (χ2v) is 4.93. The molecular formula is C12H22N2O2. The van der Waals surface area contributed by atoms with Crippen molar-refractivity contribution in [2.45, 2.75) is 38.2 Å². The van der Waals surface area contributed by atoms with Crippen LogP contribution in [0.1, 0.15) is 32.1 Å². The number of piperidine rings is 1. The number of aliphatic hydroxyl groups is 1. The molecule has 0 saturated carbocycles. The molecule has 2 aliphatic heterocycles. The van der Waals surface area contributed by atoms with Crippen molar-refractivity contribution in [2.24, 2.45) is 0 Å². The van der Waals surface area contributed by atoms with Gasteiger partial charge in [0, 0.05) is 26.1 Å². The molecule has 2 rings (SSSR count). The standard InChI is InChI=1S/C12H22N2O2/c15-11-4-3-8-14(10-11)12(16)5-9-13-6-1-2-7-13/h11,15H,1-10H2. The lowest BCUT2D eigenvalue weighted by atomic mass is 10.1. The first-order valence-corrected chi connectivity index (χ1v) is 6.44. The maximum absolute atomic E-state index is 11.9. The first-order chi connectivity index (χ1) is 7.75. The van der Waals surface area contributed by atoms with Crippen LogP contribution in [0.5, 0.6) is 0 Å². The molecule has 0 aromatic carbocycles. The maximum atomic E-state index is 11.9. The molecule has 0 aromatic heterocycles. The van der Waals surface area contributed by atoms with Crippen molar-refractivity contribution in [3.8, 4) is 0 Å². The van der Waals surface area contributed by atoms with Crippen LogP contribution in [-0.4, -0.2) is 59.6 Å². The summed E-state index contributed by atoms with van der Waals surface area (Å²) in [5.41, 5.74) is 0. The SMILES string of the molecule is O=C(CCN1CCCC1)N1CCCC(O)C1. The minimum absolute atomic E-state index is 0.214. The number of aliphatic hydroxyl groups excluding tert-OH is 1. The smallest absolute Gasteiger partial charge is 0.223 e. The molecule has 1 amide bonds. The van der Waals surface area contributed by atoms with Crippen molar-refractivity contribution in [2.75, 3.05) is 32.7 Å². The third kappa shape index (κ3) is 3.19. The van der Waals surface area contributed by atoms with E-state index in [2.05, 4.69) is 4.90 Å². The van der Waals surface area contributed by atoms with Gasteiger partial charge in [-0.1, -0.05) is 0 Å². The normalized spacial score (nSPS) is 27.3. The van der Waals surface area contributed by atoms with Gasteiger partial charge < -0.3 is 14.9 Å². The van der Waals surface area contributed by atoms with Crippen molar-refractivity contribution >= 4 is 5.91 Å². The van der Waals surface area contributed by atoms with E-state index in [0.29, 0.717) is 13.0 Å². The van der Waals surface area contributed by atoms with E-state index in [1.54, 1.807) is 0 Å². The zero-order chi connectivity index (χ0) is 11.4. The highest BCUT2D eigenvalue weighted by Gasteiger charge is 2.22. The molecule has 92 valence electrons. The first-order valence-electron chi connectivity index (χ1n) is 6.44. The van der Waals surface area contributed by atoms with E-state index in [4.69, 9.17) is 0 Å². The number of likely N-dealkylation sites (tertiary alicyclic amines) is 2. The minimum Gasteiger partial charge on any atom is -0.391 e. The molecule has 1 N–H and O–H groups in total.